The molecule has 3 rings (SSSR count). The Morgan fingerprint density at radius 3 is 2.64 bits per heavy atom. The lowest BCUT2D eigenvalue weighted by Crippen LogP contribution is -2.20. The van der Waals surface area contributed by atoms with Crippen molar-refractivity contribution in [2.75, 3.05) is 5.43 Å². The van der Waals surface area contributed by atoms with E-state index in [-0.39, 0.29) is 12.3 Å². The van der Waals surface area contributed by atoms with Crippen molar-refractivity contribution < 1.29 is 4.79 Å². The summed E-state index contributed by atoms with van der Waals surface area (Å²) in [6.45, 7) is 1.76. The lowest BCUT2D eigenvalue weighted by atomic mass is 10.2. The molecule has 0 saturated heterocycles. The third-order valence-corrected chi connectivity index (χ3v) is 3.22. The first-order chi connectivity index (χ1) is 10.7. The third-order valence-electron chi connectivity index (χ3n) is 3.22. The zero-order valence-electron chi connectivity index (χ0n) is 12.1. The molecule has 22 heavy (non-hydrogen) atoms. The van der Waals surface area contributed by atoms with Gasteiger partial charge in [0.2, 0.25) is 0 Å². The number of fused-ring (bicyclic) bond motifs is 1. The van der Waals surface area contributed by atoms with E-state index in [4.69, 9.17) is 0 Å². The number of aromatic nitrogens is 3. The molecule has 0 radical (unpaired) electrons. The van der Waals surface area contributed by atoms with Crippen LogP contribution in [0.25, 0.3) is 11.0 Å². The Bertz CT molecular complexity index is 823. The SMILES string of the molecule is CC(=O)/C(Cn1nnc2ccccc21)=N\Nc1ccccc1. The van der Waals surface area contributed by atoms with Crippen molar-refractivity contribution in [2.24, 2.45) is 5.10 Å². The highest BCUT2D eigenvalue weighted by atomic mass is 16.1. The Balaban J connectivity index is 1.84. The van der Waals surface area contributed by atoms with Crippen LogP contribution in [-0.4, -0.2) is 26.5 Å². The van der Waals surface area contributed by atoms with Gasteiger partial charge < -0.3 is 0 Å². The number of benzene rings is 2. The molecule has 6 nitrogen and oxygen atoms in total. The van der Waals surface area contributed by atoms with E-state index < -0.39 is 0 Å². The summed E-state index contributed by atoms with van der Waals surface area (Å²) in [5, 5.41) is 12.4. The van der Waals surface area contributed by atoms with Crippen LogP contribution < -0.4 is 5.43 Å². The van der Waals surface area contributed by atoms with Gasteiger partial charge >= 0.3 is 0 Å². The van der Waals surface area contributed by atoms with Gasteiger partial charge in [-0.25, -0.2) is 4.68 Å². The third kappa shape index (κ3) is 3.01. The molecule has 0 atom stereocenters. The summed E-state index contributed by atoms with van der Waals surface area (Å²) < 4.78 is 1.67. The number of para-hydroxylation sites is 2. The highest BCUT2D eigenvalue weighted by Gasteiger charge is 2.11. The number of rotatable bonds is 5. The number of Topliss-reactive ketones (excluding diaryl/α,β-unsaturated/α-hetero) is 1. The van der Waals surface area contributed by atoms with Gasteiger partial charge in [0.15, 0.2) is 5.78 Å². The van der Waals surface area contributed by atoms with Gasteiger partial charge in [-0.15, -0.1) is 5.10 Å². The zero-order chi connectivity index (χ0) is 15.4. The molecule has 1 heterocycles. The zero-order valence-corrected chi connectivity index (χ0v) is 12.1. The Labute approximate surface area is 127 Å². The summed E-state index contributed by atoms with van der Waals surface area (Å²) in [7, 11) is 0. The standard InChI is InChI=1S/C16H15N5O/c1-12(22)15(18-17-13-7-3-2-4-8-13)11-21-16-10-6-5-9-14(16)19-20-21/h2-10,17H,11H2,1H3/b18-15-. The molecule has 110 valence electrons. The number of nitrogens with zero attached hydrogens (tertiary/aromatic N) is 4. The molecule has 0 bridgehead atoms. The van der Waals surface area contributed by atoms with Crippen LogP contribution in [0.1, 0.15) is 6.92 Å². The van der Waals surface area contributed by atoms with Crippen LogP contribution in [0.5, 0.6) is 0 Å². The monoisotopic (exact) mass is 293 g/mol. The summed E-state index contributed by atoms with van der Waals surface area (Å²) in [5.74, 6) is -0.108. The van der Waals surface area contributed by atoms with Crippen LogP contribution in [0.3, 0.4) is 0 Å². The van der Waals surface area contributed by atoms with E-state index in [1.165, 1.54) is 6.92 Å². The maximum atomic E-state index is 11.8. The van der Waals surface area contributed by atoms with Crippen LogP contribution in [0.2, 0.25) is 0 Å². The van der Waals surface area contributed by atoms with E-state index in [1.807, 2.05) is 54.6 Å². The smallest absolute Gasteiger partial charge is 0.177 e. The first-order valence-electron chi connectivity index (χ1n) is 6.91. The van der Waals surface area contributed by atoms with Gasteiger partial charge in [0.25, 0.3) is 0 Å². The molecule has 0 aliphatic carbocycles. The minimum atomic E-state index is -0.108. The fourth-order valence-corrected chi connectivity index (χ4v) is 2.05. The molecule has 0 saturated carbocycles. The van der Waals surface area contributed by atoms with E-state index in [9.17, 15) is 4.79 Å². The summed E-state index contributed by atoms with van der Waals surface area (Å²) in [6.07, 6.45) is 0. The molecular formula is C16H15N5O. The largest absolute Gasteiger partial charge is 0.293 e. The molecule has 1 N–H and O–H groups in total. The van der Waals surface area contributed by atoms with E-state index >= 15 is 0 Å². The van der Waals surface area contributed by atoms with Crippen molar-refractivity contribution in [1.29, 1.82) is 0 Å². The van der Waals surface area contributed by atoms with Gasteiger partial charge in [0.05, 0.1) is 17.7 Å². The van der Waals surface area contributed by atoms with Crippen LogP contribution in [-0.2, 0) is 11.3 Å². The normalized spacial score (nSPS) is 11.6. The highest BCUT2D eigenvalue weighted by molar-refractivity contribution is 6.39. The van der Waals surface area contributed by atoms with Crippen molar-refractivity contribution in [3.05, 3.63) is 54.6 Å². The van der Waals surface area contributed by atoms with Gasteiger partial charge in [-0.05, 0) is 24.3 Å². The summed E-state index contributed by atoms with van der Waals surface area (Å²) in [5.41, 5.74) is 5.77. The molecule has 0 unspecified atom stereocenters. The number of hydrogen-bond acceptors (Lipinski definition) is 5. The average molecular weight is 293 g/mol. The van der Waals surface area contributed by atoms with Crippen molar-refractivity contribution >= 4 is 28.2 Å². The van der Waals surface area contributed by atoms with Crippen molar-refractivity contribution in [3.8, 4) is 0 Å². The second-order valence-corrected chi connectivity index (χ2v) is 4.83. The first kappa shape index (κ1) is 13.9. The lowest BCUT2D eigenvalue weighted by molar-refractivity contribution is -0.111. The Morgan fingerprint density at radius 1 is 1.14 bits per heavy atom. The molecule has 0 amide bonds. The van der Waals surface area contributed by atoms with Crippen LogP contribution in [0.4, 0.5) is 5.69 Å². The molecule has 1 aromatic heterocycles. The molecule has 0 aliphatic heterocycles. The fraction of sp³-hybridized carbons (Fsp3) is 0.125. The molecule has 0 aliphatic rings. The minimum Gasteiger partial charge on any atom is -0.293 e. The number of carbonyl (C=O) groups excluding carboxylic acids is 1. The van der Waals surface area contributed by atoms with Gasteiger partial charge in [0, 0.05) is 6.92 Å². The maximum absolute atomic E-state index is 11.8. The number of carbonyl (C=O) groups is 1. The Morgan fingerprint density at radius 2 is 1.86 bits per heavy atom. The molecule has 0 fully saturated rings. The minimum absolute atomic E-state index is 0.108. The van der Waals surface area contributed by atoms with Crippen LogP contribution in [0, 0.1) is 0 Å². The number of anilines is 1. The van der Waals surface area contributed by atoms with Gasteiger partial charge in [-0.2, -0.15) is 5.10 Å². The van der Waals surface area contributed by atoms with Crippen molar-refractivity contribution in [3.63, 3.8) is 0 Å². The van der Waals surface area contributed by atoms with E-state index in [0.717, 1.165) is 16.7 Å². The average Bonchev–Trinajstić information content (AvgIpc) is 2.95. The van der Waals surface area contributed by atoms with Gasteiger partial charge in [-0.3, -0.25) is 10.2 Å². The second kappa shape index (κ2) is 6.17. The lowest BCUT2D eigenvalue weighted by Gasteiger charge is -2.05. The number of hydrazone groups is 1. The number of ketones is 1. The predicted octanol–water partition coefficient (Wildman–Crippen LogP) is 2.49. The van der Waals surface area contributed by atoms with E-state index in [2.05, 4.69) is 20.8 Å². The van der Waals surface area contributed by atoms with E-state index in [0.29, 0.717) is 5.71 Å². The second-order valence-electron chi connectivity index (χ2n) is 4.83. The predicted molar refractivity (Wildman–Crippen MR) is 85.7 cm³/mol. The number of hydrogen-bond donors (Lipinski definition) is 1. The Kier molecular flexibility index (Phi) is 3.91. The van der Waals surface area contributed by atoms with Crippen LogP contribution in [0.15, 0.2) is 59.7 Å². The molecule has 0 spiro atoms. The van der Waals surface area contributed by atoms with Crippen molar-refractivity contribution in [1.82, 2.24) is 15.0 Å². The molecular weight excluding hydrogens is 278 g/mol. The molecule has 2 aromatic carbocycles. The highest BCUT2D eigenvalue weighted by Crippen LogP contribution is 2.10. The summed E-state index contributed by atoms with van der Waals surface area (Å²) >= 11 is 0. The fourth-order valence-electron chi connectivity index (χ4n) is 2.05. The first-order valence-corrected chi connectivity index (χ1v) is 6.91. The Hall–Kier alpha value is -3.02. The topological polar surface area (TPSA) is 72.2 Å². The van der Waals surface area contributed by atoms with Crippen LogP contribution >= 0.6 is 0 Å². The van der Waals surface area contributed by atoms with Gasteiger partial charge in [-0.1, -0.05) is 35.5 Å². The molecule has 6 heteroatoms. The van der Waals surface area contributed by atoms with Gasteiger partial charge in [0.1, 0.15) is 11.2 Å². The maximum Gasteiger partial charge on any atom is 0.177 e. The van der Waals surface area contributed by atoms with E-state index in [1.54, 1.807) is 4.68 Å². The van der Waals surface area contributed by atoms with Crippen molar-refractivity contribution in [2.45, 2.75) is 13.5 Å². The number of nitrogens with one attached hydrogen (secondary N) is 1. The summed E-state index contributed by atoms with van der Waals surface area (Å²) in [4.78, 5) is 11.8. The quantitative estimate of drug-likeness (QED) is 0.579. The molecule has 3 aromatic rings. The summed E-state index contributed by atoms with van der Waals surface area (Å²) in [6, 6.07) is 17.1.